The Kier molecular flexibility index (Phi) is 3.94. The fourth-order valence-corrected chi connectivity index (χ4v) is 2.39. The summed E-state index contributed by atoms with van der Waals surface area (Å²) in [5, 5.41) is 0. The van der Waals surface area contributed by atoms with E-state index in [4.69, 9.17) is 5.73 Å². The third kappa shape index (κ3) is 2.94. The highest BCUT2D eigenvalue weighted by atomic mass is 19.2. The van der Waals surface area contributed by atoms with E-state index in [0.29, 0.717) is 5.92 Å². The van der Waals surface area contributed by atoms with Gasteiger partial charge in [-0.05, 0) is 43.9 Å². The minimum absolute atomic E-state index is 0.631. The number of benzene rings is 1. The van der Waals surface area contributed by atoms with E-state index in [9.17, 15) is 8.78 Å². The van der Waals surface area contributed by atoms with Gasteiger partial charge in [-0.1, -0.05) is 0 Å². The number of rotatable bonds is 4. The highest BCUT2D eigenvalue weighted by Crippen LogP contribution is 2.27. The molecule has 2 rings (SSSR count). The Balaban J connectivity index is 1.97. The Morgan fingerprint density at radius 1 is 1.29 bits per heavy atom. The minimum atomic E-state index is -0.785. The van der Waals surface area contributed by atoms with Crippen LogP contribution in [0.2, 0.25) is 0 Å². The predicted octanol–water partition coefficient (Wildman–Crippen LogP) is 2.53. The average Bonchev–Trinajstić information content (AvgIpc) is 2.79. The molecule has 0 spiro atoms. The van der Waals surface area contributed by atoms with Gasteiger partial charge in [0.25, 0.3) is 0 Å². The predicted molar refractivity (Wildman–Crippen MR) is 65.0 cm³/mol. The van der Waals surface area contributed by atoms with Gasteiger partial charge in [0.15, 0.2) is 11.6 Å². The molecule has 2 nitrogen and oxygen atoms in total. The van der Waals surface area contributed by atoms with Crippen LogP contribution in [0.15, 0.2) is 18.2 Å². The summed E-state index contributed by atoms with van der Waals surface area (Å²) in [5.74, 6) is -0.924. The highest BCUT2D eigenvalue weighted by Gasteiger charge is 2.22. The molecular formula is C13H18F2N2. The van der Waals surface area contributed by atoms with Crippen molar-refractivity contribution in [1.82, 2.24) is 0 Å². The lowest BCUT2D eigenvalue weighted by Crippen LogP contribution is -2.20. The molecule has 0 aromatic heterocycles. The van der Waals surface area contributed by atoms with Crippen LogP contribution >= 0.6 is 0 Å². The Hall–Kier alpha value is -1.16. The summed E-state index contributed by atoms with van der Waals surface area (Å²) in [6.07, 6.45) is 3.27. The molecule has 1 saturated heterocycles. The molecule has 0 saturated carbocycles. The standard InChI is InChI=1S/C13H18F2N2/c14-12-4-3-11(8-13(12)15)17-7-5-10(9-17)2-1-6-16/h3-4,8,10H,1-2,5-7,9,16H2. The summed E-state index contributed by atoms with van der Waals surface area (Å²) in [4.78, 5) is 2.11. The van der Waals surface area contributed by atoms with E-state index >= 15 is 0 Å². The maximum absolute atomic E-state index is 13.1. The zero-order chi connectivity index (χ0) is 12.3. The van der Waals surface area contributed by atoms with E-state index in [1.165, 1.54) is 12.1 Å². The van der Waals surface area contributed by atoms with Crippen LogP contribution in [0.1, 0.15) is 19.3 Å². The molecule has 0 bridgehead atoms. The van der Waals surface area contributed by atoms with Crippen LogP contribution in [-0.2, 0) is 0 Å². The van der Waals surface area contributed by atoms with Crippen LogP contribution in [0.5, 0.6) is 0 Å². The molecule has 17 heavy (non-hydrogen) atoms. The molecule has 1 aliphatic heterocycles. The first-order chi connectivity index (χ1) is 8.20. The van der Waals surface area contributed by atoms with Crippen molar-refractivity contribution in [3.05, 3.63) is 29.8 Å². The summed E-state index contributed by atoms with van der Waals surface area (Å²) in [6, 6.07) is 4.11. The van der Waals surface area contributed by atoms with Crippen molar-refractivity contribution in [3.63, 3.8) is 0 Å². The van der Waals surface area contributed by atoms with Crippen molar-refractivity contribution in [3.8, 4) is 0 Å². The molecule has 2 N–H and O–H groups in total. The first kappa shape index (κ1) is 12.3. The first-order valence-electron chi connectivity index (χ1n) is 6.11. The van der Waals surface area contributed by atoms with Gasteiger partial charge in [0.1, 0.15) is 0 Å². The second kappa shape index (κ2) is 5.45. The zero-order valence-electron chi connectivity index (χ0n) is 9.83. The maximum Gasteiger partial charge on any atom is 0.160 e. The molecular weight excluding hydrogens is 222 g/mol. The van der Waals surface area contributed by atoms with Gasteiger partial charge in [0, 0.05) is 24.8 Å². The largest absolute Gasteiger partial charge is 0.371 e. The molecule has 1 aromatic carbocycles. The van der Waals surface area contributed by atoms with Crippen molar-refractivity contribution in [2.24, 2.45) is 11.7 Å². The monoisotopic (exact) mass is 240 g/mol. The van der Waals surface area contributed by atoms with Crippen molar-refractivity contribution in [1.29, 1.82) is 0 Å². The molecule has 1 aliphatic rings. The topological polar surface area (TPSA) is 29.3 Å². The van der Waals surface area contributed by atoms with Crippen molar-refractivity contribution in [2.45, 2.75) is 19.3 Å². The quantitative estimate of drug-likeness (QED) is 0.876. The van der Waals surface area contributed by atoms with Gasteiger partial charge in [-0.3, -0.25) is 0 Å². The number of hydrogen-bond acceptors (Lipinski definition) is 2. The van der Waals surface area contributed by atoms with Gasteiger partial charge in [-0.15, -0.1) is 0 Å². The smallest absolute Gasteiger partial charge is 0.160 e. The fraction of sp³-hybridized carbons (Fsp3) is 0.538. The number of halogens is 2. The fourth-order valence-electron chi connectivity index (χ4n) is 2.39. The molecule has 0 amide bonds. The van der Waals surface area contributed by atoms with Gasteiger partial charge < -0.3 is 10.6 Å². The van der Waals surface area contributed by atoms with Gasteiger partial charge in [-0.2, -0.15) is 0 Å². The summed E-state index contributed by atoms with van der Waals surface area (Å²) < 4.78 is 25.9. The number of hydrogen-bond donors (Lipinski definition) is 1. The Morgan fingerprint density at radius 2 is 2.12 bits per heavy atom. The third-order valence-corrected chi connectivity index (χ3v) is 3.37. The van der Waals surface area contributed by atoms with Crippen LogP contribution in [0.3, 0.4) is 0 Å². The van der Waals surface area contributed by atoms with Gasteiger partial charge in [-0.25, -0.2) is 8.78 Å². The molecule has 1 fully saturated rings. The SMILES string of the molecule is NCCCC1CCN(c2ccc(F)c(F)c2)C1. The molecule has 4 heteroatoms. The molecule has 1 atom stereocenters. The van der Waals surface area contributed by atoms with E-state index in [2.05, 4.69) is 4.90 Å². The van der Waals surface area contributed by atoms with E-state index in [1.807, 2.05) is 0 Å². The third-order valence-electron chi connectivity index (χ3n) is 3.37. The highest BCUT2D eigenvalue weighted by molar-refractivity contribution is 5.47. The molecule has 0 aliphatic carbocycles. The molecule has 94 valence electrons. The molecule has 0 radical (unpaired) electrons. The van der Waals surface area contributed by atoms with Crippen LogP contribution in [-0.4, -0.2) is 19.6 Å². The average molecular weight is 240 g/mol. The first-order valence-corrected chi connectivity index (χ1v) is 6.11. The number of anilines is 1. The zero-order valence-corrected chi connectivity index (χ0v) is 9.83. The number of nitrogens with zero attached hydrogens (tertiary/aromatic N) is 1. The summed E-state index contributed by atoms with van der Waals surface area (Å²) in [7, 11) is 0. The van der Waals surface area contributed by atoms with Crippen LogP contribution in [0, 0.1) is 17.6 Å². The van der Waals surface area contributed by atoms with Crippen molar-refractivity contribution in [2.75, 3.05) is 24.5 Å². The maximum atomic E-state index is 13.1. The van der Waals surface area contributed by atoms with Crippen LogP contribution in [0.25, 0.3) is 0 Å². The van der Waals surface area contributed by atoms with E-state index in [-0.39, 0.29) is 0 Å². The molecule has 1 unspecified atom stereocenters. The molecule has 1 heterocycles. The minimum Gasteiger partial charge on any atom is -0.371 e. The summed E-state index contributed by atoms with van der Waals surface area (Å²) >= 11 is 0. The number of nitrogens with two attached hydrogens (primary N) is 1. The van der Waals surface area contributed by atoms with E-state index < -0.39 is 11.6 Å². The van der Waals surface area contributed by atoms with E-state index in [0.717, 1.165) is 44.6 Å². The Bertz CT molecular complexity index is 382. The molecule has 1 aromatic rings. The van der Waals surface area contributed by atoms with Crippen molar-refractivity contribution < 1.29 is 8.78 Å². The lowest BCUT2D eigenvalue weighted by Gasteiger charge is -2.18. The second-order valence-electron chi connectivity index (χ2n) is 4.63. The van der Waals surface area contributed by atoms with Crippen LogP contribution in [0.4, 0.5) is 14.5 Å². The lowest BCUT2D eigenvalue weighted by atomic mass is 10.0. The van der Waals surface area contributed by atoms with Gasteiger partial charge in [0.05, 0.1) is 0 Å². The Morgan fingerprint density at radius 3 is 2.82 bits per heavy atom. The van der Waals surface area contributed by atoms with Crippen molar-refractivity contribution >= 4 is 5.69 Å². The summed E-state index contributed by atoms with van der Waals surface area (Å²) in [6.45, 7) is 2.56. The van der Waals surface area contributed by atoms with Crippen LogP contribution < -0.4 is 10.6 Å². The lowest BCUT2D eigenvalue weighted by molar-refractivity contribution is 0.507. The van der Waals surface area contributed by atoms with Gasteiger partial charge >= 0.3 is 0 Å². The second-order valence-corrected chi connectivity index (χ2v) is 4.63. The van der Waals surface area contributed by atoms with Gasteiger partial charge in [0.2, 0.25) is 0 Å². The van der Waals surface area contributed by atoms with E-state index in [1.54, 1.807) is 6.07 Å². The normalized spacial score (nSPS) is 19.9. The Labute approximate surface area is 100 Å². The summed E-state index contributed by atoms with van der Waals surface area (Å²) in [5.41, 5.74) is 6.26.